The van der Waals surface area contributed by atoms with Crippen LogP contribution in [0.1, 0.15) is 30.6 Å². The van der Waals surface area contributed by atoms with Crippen molar-refractivity contribution < 1.29 is 14.4 Å². The molecule has 23 heavy (non-hydrogen) atoms. The van der Waals surface area contributed by atoms with E-state index in [1.165, 1.54) is 12.1 Å². The zero-order valence-electron chi connectivity index (χ0n) is 13.6. The van der Waals surface area contributed by atoms with Gasteiger partial charge in [-0.05, 0) is 38.2 Å². The zero-order valence-corrected chi connectivity index (χ0v) is 13.6. The second-order valence-electron chi connectivity index (χ2n) is 5.00. The van der Waals surface area contributed by atoms with E-state index >= 15 is 0 Å². The Bertz CT molecular complexity index is 556. The molecule has 0 radical (unpaired) electrons. The summed E-state index contributed by atoms with van der Waals surface area (Å²) >= 11 is 0. The van der Waals surface area contributed by atoms with Gasteiger partial charge in [-0.2, -0.15) is 0 Å². The highest BCUT2D eigenvalue weighted by Crippen LogP contribution is 2.13. The lowest BCUT2D eigenvalue weighted by molar-refractivity contribution is -0.136. The van der Waals surface area contributed by atoms with Crippen molar-refractivity contribution in [3.05, 3.63) is 29.8 Å². The highest BCUT2D eigenvalue weighted by Gasteiger charge is 2.16. The van der Waals surface area contributed by atoms with E-state index in [1.54, 1.807) is 12.1 Å². The molecule has 0 heterocycles. The minimum absolute atomic E-state index is 0.162. The van der Waals surface area contributed by atoms with Gasteiger partial charge in [0.1, 0.15) is 0 Å². The number of rotatable bonds is 8. The largest absolute Gasteiger partial charge is 0.366 e. The summed E-state index contributed by atoms with van der Waals surface area (Å²) in [7, 11) is 0. The molecule has 0 saturated carbocycles. The molecule has 0 aliphatic rings. The molecule has 0 aliphatic carbocycles. The standard InChI is InChI=1S/C16H24N4O3/c1-3-20(4-2)11-7-10-18-15(22)16(23)19-13-9-6-5-8-12(13)14(17)21/h5-6,8-9H,3-4,7,10-11H2,1-2H3,(H2,17,21)(H,18,22)(H,19,23). The molecular weight excluding hydrogens is 296 g/mol. The number of amides is 3. The number of para-hydroxylation sites is 1. The minimum atomic E-state index is -0.818. The molecule has 0 aliphatic heterocycles. The molecule has 7 heteroatoms. The van der Waals surface area contributed by atoms with E-state index in [0.717, 1.165) is 26.1 Å². The van der Waals surface area contributed by atoms with Gasteiger partial charge in [0.25, 0.3) is 5.91 Å². The fourth-order valence-corrected chi connectivity index (χ4v) is 2.11. The van der Waals surface area contributed by atoms with Crippen LogP contribution in [0.5, 0.6) is 0 Å². The van der Waals surface area contributed by atoms with Gasteiger partial charge in [0, 0.05) is 6.54 Å². The lowest BCUT2D eigenvalue weighted by Gasteiger charge is -2.17. The van der Waals surface area contributed by atoms with Crippen molar-refractivity contribution in [2.75, 3.05) is 31.5 Å². The van der Waals surface area contributed by atoms with Crippen LogP contribution >= 0.6 is 0 Å². The molecule has 7 nitrogen and oxygen atoms in total. The number of benzene rings is 1. The van der Waals surface area contributed by atoms with Crippen molar-refractivity contribution in [3.63, 3.8) is 0 Å². The highest BCUT2D eigenvalue weighted by molar-refractivity contribution is 6.40. The third-order valence-corrected chi connectivity index (χ3v) is 3.48. The summed E-state index contributed by atoms with van der Waals surface area (Å²) in [5.74, 6) is -2.22. The van der Waals surface area contributed by atoms with Crippen LogP contribution in [0.4, 0.5) is 5.69 Å². The zero-order chi connectivity index (χ0) is 17.2. The summed E-state index contributed by atoms with van der Waals surface area (Å²) < 4.78 is 0. The lowest BCUT2D eigenvalue weighted by atomic mass is 10.1. The van der Waals surface area contributed by atoms with Crippen LogP contribution in [0.3, 0.4) is 0 Å². The van der Waals surface area contributed by atoms with Crippen molar-refractivity contribution >= 4 is 23.4 Å². The quantitative estimate of drug-likeness (QED) is 0.481. The van der Waals surface area contributed by atoms with Crippen molar-refractivity contribution in [2.24, 2.45) is 5.73 Å². The van der Waals surface area contributed by atoms with E-state index in [4.69, 9.17) is 5.73 Å². The summed E-state index contributed by atoms with van der Waals surface area (Å²) in [4.78, 5) is 37.1. The number of nitrogens with zero attached hydrogens (tertiary/aromatic N) is 1. The second kappa shape index (κ2) is 9.58. The maximum Gasteiger partial charge on any atom is 0.313 e. The van der Waals surface area contributed by atoms with Crippen molar-refractivity contribution in [1.82, 2.24) is 10.2 Å². The fraction of sp³-hybridized carbons (Fsp3) is 0.438. The number of nitrogens with one attached hydrogen (secondary N) is 2. The predicted molar refractivity (Wildman–Crippen MR) is 89.0 cm³/mol. The highest BCUT2D eigenvalue weighted by atomic mass is 16.2. The van der Waals surface area contributed by atoms with Crippen LogP contribution in [0.25, 0.3) is 0 Å². The van der Waals surface area contributed by atoms with Gasteiger partial charge in [-0.15, -0.1) is 0 Å². The Morgan fingerprint density at radius 3 is 2.35 bits per heavy atom. The Balaban J connectivity index is 2.46. The van der Waals surface area contributed by atoms with Gasteiger partial charge in [-0.3, -0.25) is 14.4 Å². The molecule has 0 fully saturated rings. The Morgan fingerprint density at radius 1 is 1.09 bits per heavy atom. The van der Waals surface area contributed by atoms with Crippen molar-refractivity contribution in [2.45, 2.75) is 20.3 Å². The van der Waals surface area contributed by atoms with Crippen molar-refractivity contribution in [3.8, 4) is 0 Å². The number of anilines is 1. The van der Waals surface area contributed by atoms with Gasteiger partial charge in [-0.25, -0.2) is 0 Å². The first-order valence-electron chi connectivity index (χ1n) is 7.69. The van der Waals surface area contributed by atoms with E-state index in [-0.39, 0.29) is 11.3 Å². The maximum absolute atomic E-state index is 11.8. The van der Waals surface area contributed by atoms with E-state index in [0.29, 0.717) is 6.54 Å². The second-order valence-corrected chi connectivity index (χ2v) is 5.00. The summed E-state index contributed by atoms with van der Waals surface area (Å²) in [5.41, 5.74) is 5.61. The molecule has 0 bridgehead atoms. The van der Waals surface area contributed by atoms with Gasteiger partial charge in [0.15, 0.2) is 0 Å². The molecular formula is C16H24N4O3. The third kappa shape index (κ3) is 6.07. The molecule has 0 spiro atoms. The molecule has 1 rings (SSSR count). The average Bonchev–Trinajstić information content (AvgIpc) is 2.55. The molecule has 4 N–H and O–H groups in total. The number of carbonyl (C=O) groups is 3. The Kier molecular flexibility index (Phi) is 7.76. The van der Waals surface area contributed by atoms with Gasteiger partial charge >= 0.3 is 11.8 Å². The SMILES string of the molecule is CCN(CC)CCCNC(=O)C(=O)Nc1ccccc1C(N)=O. The monoisotopic (exact) mass is 320 g/mol. The van der Waals surface area contributed by atoms with Crippen LogP contribution < -0.4 is 16.4 Å². The molecule has 0 unspecified atom stereocenters. The van der Waals surface area contributed by atoms with Crippen molar-refractivity contribution in [1.29, 1.82) is 0 Å². The normalized spacial score (nSPS) is 10.4. The average molecular weight is 320 g/mol. The summed E-state index contributed by atoms with van der Waals surface area (Å²) in [6, 6.07) is 6.28. The number of hydrogen-bond donors (Lipinski definition) is 3. The maximum atomic E-state index is 11.8. The molecule has 0 aromatic heterocycles. The molecule has 126 valence electrons. The van der Waals surface area contributed by atoms with E-state index in [9.17, 15) is 14.4 Å². The van der Waals surface area contributed by atoms with E-state index < -0.39 is 17.7 Å². The van der Waals surface area contributed by atoms with E-state index in [1.807, 2.05) is 0 Å². The van der Waals surface area contributed by atoms with Gasteiger partial charge in [0.2, 0.25) is 0 Å². The summed E-state index contributed by atoms with van der Waals surface area (Å²) in [6.07, 6.45) is 0.762. The van der Waals surface area contributed by atoms with Gasteiger partial charge in [-0.1, -0.05) is 26.0 Å². The number of hydrogen-bond acceptors (Lipinski definition) is 4. The Hall–Kier alpha value is -2.41. The number of primary amides is 1. The van der Waals surface area contributed by atoms with Crippen LogP contribution in [-0.2, 0) is 9.59 Å². The molecule has 0 saturated heterocycles. The minimum Gasteiger partial charge on any atom is -0.366 e. The first kappa shape index (κ1) is 18.6. The smallest absolute Gasteiger partial charge is 0.313 e. The lowest BCUT2D eigenvalue weighted by Crippen LogP contribution is -2.37. The number of carbonyl (C=O) groups excluding carboxylic acids is 3. The van der Waals surface area contributed by atoms with Crippen LogP contribution in [0, 0.1) is 0 Å². The first-order valence-corrected chi connectivity index (χ1v) is 7.69. The summed E-state index contributed by atoms with van der Waals surface area (Å²) in [5, 5.41) is 4.96. The summed E-state index contributed by atoms with van der Waals surface area (Å²) in [6.45, 7) is 7.33. The predicted octanol–water partition coefficient (Wildman–Crippen LogP) is 0.572. The molecule has 1 aromatic rings. The fourth-order valence-electron chi connectivity index (χ4n) is 2.11. The van der Waals surface area contributed by atoms with Gasteiger partial charge < -0.3 is 21.3 Å². The third-order valence-electron chi connectivity index (χ3n) is 3.48. The van der Waals surface area contributed by atoms with Gasteiger partial charge in [0.05, 0.1) is 11.3 Å². The molecule has 3 amide bonds. The molecule has 0 atom stereocenters. The Labute approximate surface area is 136 Å². The number of nitrogens with two attached hydrogens (primary N) is 1. The van der Waals surface area contributed by atoms with Crippen LogP contribution in [0.15, 0.2) is 24.3 Å². The molecule has 1 aromatic carbocycles. The van der Waals surface area contributed by atoms with Crippen LogP contribution in [-0.4, -0.2) is 48.8 Å². The topological polar surface area (TPSA) is 105 Å². The first-order chi connectivity index (χ1) is 11.0. The van der Waals surface area contributed by atoms with Crippen LogP contribution in [0.2, 0.25) is 0 Å². The Morgan fingerprint density at radius 2 is 1.74 bits per heavy atom. The van der Waals surface area contributed by atoms with E-state index in [2.05, 4.69) is 29.4 Å².